The zero-order chi connectivity index (χ0) is 10.2. The standard InChI is InChI=1S/C10H13BrN2O/c1-10(14,4-7-2-3-7)9-12-5-8(11)6-13-9/h5-7,14H,2-4H2,1H3. The minimum Gasteiger partial charge on any atom is -0.382 e. The Morgan fingerprint density at radius 1 is 1.50 bits per heavy atom. The number of hydrogen-bond acceptors (Lipinski definition) is 3. The van der Waals surface area contributed by atoms with Gasteiger partial charge in [0.05, 0.1) is 4.47 Å². The van der Waals surface area contributed by atoms with E-state index in [4.69, 9.17) is 0 Å². The van der Waals surface area contributed by atoms with E-state index in [9.17, 15) is 5.11 Å². The van der Waals surface area contributed by atoms with E-state index in [-0.39, 0.29) is 0 Å². The van der Waals surface area contributed by atoms with E-state index in [1.807, 2.05) is 0 Å². The van der Waals surface area contributed by atoms with Gasteiger partial charge in [0.15, 0.2) is 5.82 Å². The van der Waals surface area contributed by atoms with Crippen molar-refractivity contribution in [1.82, 2.24) is 9.97 Å². The van der Waals surface area contributed by atoms with Gasteiger partial charge in [-0.3, -0.25) is 0 Å². The maximum Gasteiger partial charge on any atom is 0.159 e. The largest absolute Gasteiger partial charge is 0.382 e. The zero-order valence-corrected chi connectivity index (χ0v) is 9.66. The van der Waals surface area contributed by atoms with Gasteiger partial charge in [0, 0.05) is 12.4 Å². The molecule has 76 valence electrons. The van der Waals surface area contributed by atoms with Gasteiger partial charge < -0.3 is 5.11 Å². The molecule has 0 spiro atoms. The van der Waals surface area contributed by atoms with Crippen molar-refractivity contribution in [3.8, 4) is 0 Å². The van der Waals surface area contributed by atoms with Crippen LogP contribution in [-0.4, -0.2) is 15.1 Å². The summed E-state index contributed by atoms with van der Waals surface area (Å²) in [6, 6.07) is 0. The Morgan fingerprint density at radius 3 is 2.57 bits per heavy atom. The van der Waals surface area contributed by atoms with Crippen LogP contribution < -0.4 is 0 Å². The number of rotatable bonds is 3. The van der Waals surface area contributed by atoms with Gasteiger partial charge in [-0.05, 0) is 35.2 Å². The molecule has 1 heterocycles. The Morgan fingerprint density at radius 2 is 2.07 bits per heavy atom. The van der Waals surface area contributed by atoms with Gasteiger partial charge in [0.2, 0.25) is 0 Å². The quantitative estimate of drug-likeness (QED) is 0.903. The second-order valence-corrected chi connectivity index (χ2v) is 5.06. The molecule has 0 aromatic carbocycles. The monoisotopic (exact) mass is 256 g/mol. The lowest BCUT2D eigenvalue weighted by Crippen LogP contribution is -2.24. The minimum absolute atomic E-state index is 0.521. The van der Waals surface area contributed by atoms with Crippen LogP contribution in [0.2, 0.25) is 0 Å². The lowest BCUT2D eigenvalue weighted by molar-refractivity contribution is 0.0325. The summed E-state index contributed by atoms with van der Waals surface area (Å²) in [6.07, 6.45) is 6.57. The maximum atomic E-state index is 10.1. The summed E-state index contributed by atoms with van der Waals surface area (Å²) in [5.41, 5.74) is -0.873. The van der Waals surface area contributed by atoms with Crippen LogP contribution in [0.1, 0.15) is 32.0 Å². The fourth-order valence-electron chi connectivity index (χ4n) is 1.57. The molecule has 1 atom stereocenters. The number of aromatic nitrogens is 2. The molecule has 4 heteroatoms. The molecule has 3 nitrogen and oxygen atoms in total. The number of aliphatic hydroxyl groups is 1. The molecule has 2 rings (SSSR count). The fraction of sp³-hybridized carbons (Fsp3) is 0.600. The number of nitrogens with zero attached hydrogens (tertiary/aromatic N) is 2. The average molecular weight is 257 g/mol. The zero-order valence-electron chi connectivity index (χ0n) is 8.07. The molecule has 0 bridgehead atoms. The van der Waals surface area contributed by atoms with Crippen LogP contribution in [0.3, 0.4) is 0 Å². The number of hydrogen-bond donors (Lipinski definition) is 1. The van der Waals surface area contributed by atoms with Crippen LogP contribution in [0, 0.1) is 5.92 Å². The van der Waals surface area contributed by atoms with Crippen molar-refractivity contribution < 1.29 is 5.11 Å². The molecule has 1 saturated carbocycles. The molecule has 1 aromatic rings. The smallest absolute Gasteiger partial charge is 0.159 e. The van der Waals surface area contributed by atoms with Gasteiger partial charge in [-0.1, -0.05) is 12.8 Å². The molecule has 0 radical (unpaired) electrons. The molecule has 1 aliphatic carbocycles. The van der Waals surface area contributed by atoms with Crippen LogP contribution >= 0.6 is 15.9 Å². The van der Waals surface area contributed by atoms with Crippen LogP contribution in [0.4, 0.5) is 0 Å². The first-order valence-electron chi connectivity index (χ1n) is 4.78. The summed E-state index contributed by atoms with van der Waals surface area (Å²) in [7, 11) is 0. The highest BCUT2D eigenvalue weighted by molar-refractivity contribution is 9.10. The first-order chi connectivity index (χ1) is 6.58. The van der Waals surface area contributed by atoms with Gasteiger partial charge >= 0.3 is 0 Å². The second-order valence-electron chi connectivity index (χ2n) is 4.15. The van der Waals surface area contributed by atoms with Crippen molar-refractivity contribution in [2.75, 3.05) is 0 Å². The number of halogens is 1. The second kappa shape index (κ2) is 3.59. The predicted molar refractivity (Wildman–Crippen MR) is 56.6 cm³/mol. The molecule has 0 saturated heterocycles. The van der Waals surface area contributed by atoms with E-state index >= 15 is 0 Å². The van der Waals surface area contributed by atoms with Gasteiger partial charge in [-0.25, -0.2) is 9.97 Å². The molecule has 0 aliphatic heterocycles. The third-order valence-corrected chi connectivity index (χ3v) is 2.89. The lowest BCUT2D eigenvalue weighted by atomic mass is 9.98. The highest BCUT2D eigenvalue weighted by atomic mass is 79.9. The summed E-state index contributed by atoms with van der Waals surface area (Å²) in [6.45, 7) is 1.79. The van der Waals surface area contributed by atoms with E-state index in [1.54, 1.807) is 19.3 Å². The molecular weight excluding hydrogens is 244 g/mol. The van der Waals surface area contributed by atoms with Crippen LogP contribution in [0.15, 0.2) is 16.9 Å². The van der Waals surface area contributed by atoms with Crippen molar-refractivity contribution >= 4 is 15.9 Å². The summed E-state index contributed by atoms with van der Waals surface area (Å²) >= 11 is 3.27. The SMILES string of the molecule is CC(O)(CC1CC1)c1ncc(Br)cn1. The van der Waals surface area contributed by atoms with Crippen molar-refractivity contribution in [1.29, 1.82) is 0 Å². The highest BCUT2D eigenvalue weighted by Gasteiger charge is 2.34. The Labute approximate surface area is 91.7 Å². The first-order valence-corrected chi connectivity index (χ1v) is 5.57. The predicted octanol–water partition coefficient (Wildman–Crippen LogP) is 2.25. The third kappa shape index (κ3) is 2.30. The lowest BCUT2D eigenvalue weighted by Gasteiger charge is -2.20. The first kappa shape index (κ1) is 10.1. The van der Waals surface area contributed by atoms with Gasteiger partial charge in [-0.15, -0.1) is 0 Å². The molecule has 1 N–H and O–H groups in total. The van der Waals surface area contributed by atoms with Crippen molar-refractivity contribution in [2.45, 2.75) is 31.8 Å². The van der Waals surface area contributed by atoms with Crippen molar-refractivity contribution in [2.24, 2.45) is 5.92 Å². The topological polar surface area (TPSA) is 46.0 Å². The highest BCUT2D eigenvalue weighted by Crippen LogP contribution is 2.39. The normalized spacial score (nSPS) is 20.5. The third-order valence-electron chi connectivity index (χ3n) is 2.49. The average Bonchev–Trinajstić information content (AvgIpc) is 2.88. The van der Waals surface area contributed by atoms with E-state index in [0.29, 0.717) is 11.7 Å². The molecule has 1 unspecified atom stereocenters. The van der Waals surface area contributed by atoms with Crippen LogP contribution in [0.5, 0.6) is 0 Å². The Bertz CT molecular complexity index is 319. The molecule has 1 fully saturated rings. The van der Waals surface area contributed by atoms with Gasteiger partial charge in [-0.2, -0.15) is 0 Å². The van der Waals surface area contributed by atoms with E-state index in [0.717, 1.165) is 10.9 Å². The van der Waals surface area contributed by atoms with Crippen molar-refractivity contribution in [3.63, 3.8) is 0 Å². The summed E-state index contributed by atoms with van der Waals surface area (Å²) < 4.78 is 0.837. The van der Waals surface area contributed by atoms with Crippen LogP contribution in [-0.2, 0) is 5.60 Å². The van der Waals surface area contributed by atoms with E-state index in [2.05, 4.69) is 25.9 Å². The molecule has 1 aromatic heterocycles. The van der Waals surface area contributed by atoms with E-state index < -0.39 is 5.60 Å². The Kier molecular flexibility index (Phi) is 2.58. The Hall–Kier alpha value is -0.480. The molecule has 0 amide bonds. The maximum absolute atomic E-state index is 10.1. The molecule has 1 aliphatic rings. The van der Waals surface area contributed by atoms with Crippen molar-refractivity contribution in [3.05, 3.63) is 22.7 Å². The van der Waals surface area contributed by atoms with E-state index in [1.165, 1.54) is 12.8 Å². The summed E-state index contributed by atoms with van der Waals surface area (Å²) in [5, 5.41) is 10.1. The fourth-order valence-corrected chi connectivity index (χ4v) is 1.77. The minimum atomic E-state index is -0.873. The van der Waals surface area contributed by atoms with Crippen LogP contribution in [0.25, 0.3) is 0 Å². The van der Waals surface area contributed by atoms with Gasteiger partial charge in [0.1, 0.15) is 5.60 Å². The molecular formula is C10H13BrN2O. The summed E-state index contributed by atoms with van der Waals surface area (Å²) in [4.78, 5) is 8.25. The Balaban J connectivity index is 2.14. The summed E-state index contributed by atoms with van der Waals surface area (Å²) in [5.74, 6) is 1.19. The van der Waals surface area contributed by atoms with Gasteiger partial charge in [0.25, 0.3) is 0 Å². The molecule has 14 heavy (non-hydrogen) atoms.